The number of rotatable bonds is 6. The van der Waals surface area contributed by atoms with Gasteiger partial charge < -0.3 is 15.0 Å². The van der Waals surface area contributed by atoms with Crippen LogP contribution in [0.5, 0.6) is 0 Å². The molecule has 0 spiro atoms. The van der Waals surface area contributed by atoms with Crippen LogP contribution in [-0.4, -0.2) is 37.3 Å². The third-order valence-electron chi connectivity index (χ3n) is 3.59. The number of pyridine rings is 1. The molecule has 1 fully saturated rings. The molecule has 1 aliphatic rings. The lowest BCUT2D eigenvalue weighted by Crippen LogP contribution is -2.40. The molecule has 2 rings (SSSR count). The Bertz CT molecular complexity index is 426. The van der Waals surface area contributed by atoms with E-state index in [0.29, 0.717) is 6.10 Å². The van der Waals surface area contributed by atoms with Gasteiger partial charge in [-0.3, -0.25) is 0 Å². The highest BCUT2D eigenvalue weighted by Crippen LogP contribution is 2.24. The molecule has 1 aromatic heterocycles. The van der Waals surface area contributed by atoms with Crippen molar-refractivity contribution < 1.29 is 4.74 Å². The molecule has 1 atom stereocenters. The van der Waals surface area contributed by atoms with Gasteiger partial charge in [-0.15, -0.1) is 0 Å². The smallest absolute Gasteiger partial charge is 0.128 e. The molecule has 0 aliphatic carbocycles. The van der Waals surface area contributed by atoms with Gasteiger partial charge in [0.2, 0.25) is 0 Å². The van der Waals surface area contributed by atoms with Crippen molar-refractivity contribution in [1.82, 2.24) is 10.3 Å². The van der Waals surface area contributed by atoms with Crippen LogP contribution in [0.15, 0.2) is 12.3 Å². The molecule has 1 aliphatic heterocycles. The van der Waals surface area contributed by atoms with Gasteiger partial charge in [0.05, 0.1) is 11.1 Å². The Morgan fingerprint density at radius 2 is 2.35 bits per heavy atom. The second-order valence-electron chi connectivity index (χ2n) is 5.08. The number of nitrogens with one attached hydrogen (secondary N) is 1. The zero-order chi connectivity index (χ0) is 14.4. The molecule has 0 amide bonds. The summed E-state index contributed by atoms with van der Waals surface area (Å²) >= 11 is 6.20. The first-order valence-corrected chi connectivity index (χ1v) is 7.84. The molecule has 112 valence electrons. The Morgan fingerprint density at radius 3 is 3.10 bits per heavy atom. The Morgan fingerprint density at radius 1 is 1.50 bits per heavy atom. The highest BCUT2D eigenvalue weighted by Gasteiger charge is 2.21. The Hall–Kier alpha value is -0.840. The van der Waals surface area contributed by atoms with Gasteiger partial charge in [-0.05, 0) is 37.9 Å². The number of anilines is 1. The fourth-order valence-corrected chi connectivity index (χ4v) is 2.72. The van der Waals surface area contributed by atoms with Crippen molar-refractivity contribution in [2.45, 2.75) is 39.3 Å². The maximum absolute atomic E-state index is 6.20. The van der Waals surface area contributed by atoms with Crippen molar-refractivity contribution >= 4 is 17.4 Å². The van der Waals surface area contributed by atoms with Crippen LogP contribution in [-0.2, 0) is 11.3 Å². The molecule has 20 heavy (non-hydrogen) atoms. The molecule has 0 radical (unpaired) electrons. The zero-order valence-corrected chi connectivity index (χ0v) is 13.1. The molecule has 1 unspecified atom stereocenters. The van der Waals surface area contributed by atoms with Crippen LogP contribution in [0, 0.1) is 0 Å². The van der Waals surface area contributed by atoms with E-state index in [9.17, 15) is 0 Å². The fourth-order valence-electron chi connectivity index (χ4n) is 2.55. The molecule has 2 heterocycles. The number of piperidine rings is 1. The largest absolute Gasteiger partial charge is 0.377 e. The van der Waals surface area contributed by atoms with Crippen LogP contribution in [0.3, 0.4) is 0 Å². The lowest BCUT2D eigenvalue weighted by molar-refractivity contribution is 0.0525. The number of halogens is 1. The Labute approximate surface area is 126 Å². The Balaban J connectivity index is 2.07. The van der Waals surface area contributed by atoms with Gasteiger partial charge in [0.1, 0.15) is 5.82 Å². The summed E-state index contributed by atoms with van der Waals surface area (Å²) in [6.07, 6.45) is 4.37. The zero-order valence-electron chi connectivity index (χ0n) is 12.4. The van der Waals surface area contributed by atoms with Crippen LogP contribution in [0.4, 0.5) is 5.82 Å². The number of ether oxygens (including phenoxy) is 1. The van der Waals surface area contributed by atoms with Gasteiger partial charge in [-0.25, -0.2) is 4.98 Å². The van der Waals surface area contributed by atoms with E-state index >= 15 is 0 Å². The second-order valence-corrected chi connectivity index (χ2v) is 5.49. The minimum Gasteiger partial charge on any atom is -0.377 e. The van der Waals surface area contributed by atoms with Crippen molar-refractivity contribution in [3.05, 3.63) is 22.8 Å². The van der Waals surface area contributed by atoms with Crippen molar-refractivity contribution in [3.8, 4) is 0 Å². The first kappa shape index (κ1) is 15.5. The lowest BCUT2D eigenvalue weighted by Gasteiger charge is -2.33. The van der Waals surface area contributed by atoms with Crippen LogP contribution in [0.2, 0.25) is 5.02 Å². The minimum atomic E-state index is 0.323. The van der Waals surface area contributed by atoms with Crippen LogP contribution in [0.1, 0.15) is 32.3 Å². The molecular formula is C15H24ClN3O. The average molecular weight is 298 g/mol. The number of hydrogen-bond acceptors (Lipinski definition) is 4. The van der Waals surface area contributed by atoms with Gasteiger partial charge in [0, 0.05) is 32.4 Å². The summed E-state index contributed by atoms with van der Waals surface area (Å²) < 4.78 is 5.75. The molecule has 5 heteroatoms. The summed E-state index contributed by atoms with van der Waals surface area (Å²) in [4.78, 5) is 6.78. The maximum atomic E-state index is 6.20. The predicted octanol–water partition coefficient (Wildman–Crippen LogP) is 2.85. The van der Waals surface area contributed by atoms with E-state index in [0.717, 1.165) is 62.0 Å². The van der Waals surface area contributed by atoms with E-state index in [1.54, 1.807) is 6.20 Å². The quantitative estimate of drug-likeness (QED) is 0.876. The lowest BCUT2D eigenvalue weighted by atomic mass is 10.1. The Kier molecular flexibility index (Phi) is 6.07. The summed E-state index contributed by atoms with van der Waals surface area (Å²) in [6.45, 7) is 8.60. The first-order chi connectivity index (χ1) is 9.74. The first-order valence-electron chi connectivity index (χ1n) is 7.46. The monoisotopic (exact) mass is 297 g/mol. The molecule has 4 nitrogen and oxygen atoms in total. The molecule has 0 aromatic carbocycles. The maximum Gasteiger partial charge on any atom is 0.128 e. The van der Waals surface area contributed by atoms with E-state index < -0.39 is 0 Å². The van der Waals surface area contributed by atoms with Gasteiger partial charge in [0.25, 0.3) is 0 Å². The molecule has 1 saturated heterocycles. The van der Waals surface area contributed by atoms with Crippen molar-refractivity contribution in [2.24, 2.45) is 0 Å². The third kappa shape index (κ3) is 4.08. The van der Waals surface area contributed by atoms with Crippen LogP contribution >= 0.6 is 11.6 Å². The molecule has 0 saturated carbocycles. The summed E-state index contributed by atoms with van der Waals surface area (Å²) in [6, 6.07) is 2.10. The van der Waals surface area contributed by atoms with Crippen molar-refractivity contribution in [3.63, 3.8) is 0 Å². The topological polar surface area (TPSA) is 37.4 Å². The summed E-state index contributed by atoms with van der Waals surface area (Å²) in [7, 11) is 0. The van der Waals surface area contributed by atoms with E-state index in [2.05, 4.69) is 28.2 Å². The van der Waals surface area contributed by atoms with Gasteiger partial charge in [0.15, 0.2) is 0 Å². The number of aromatic nitrogens is 1. The highest BCUT2D eigenvalue weighted by atomic mass is 35.5. The van der Waals surface area contributed by atoms with E-state index in [4.69, 9.17) is 16.3 Å². The van der Waals surface area contributed by atoms with E-state index in [-0.39, 0.29) is 0 Å². The number of nitrogens with zero attached hydrogens (tertiary/aromatic N) is 2. The standard InChI is InChI=1S/C15H24ClN3O/c1-3-17-9-12-8-15(18-10-14(12)16)19-7-5-6-13(11-19)20-4-2/h8,10,13,17H,3-7,9,11H2,1-2H3. The normalized spacial score (nSPS) is 19.4. The van der Waals surface area contributed by atoms with Crippen molar-refractivity contribution in [1.29, 1.82) is 0 Å². The minimum absolute atomic E-state index is 0.323. The number of hydrogen-bond donors (Lipinski definition) is 1. The van der Waals surface area contributed by atoms with Crippen molar-refractivity contribution in [2.75, 3.05) is 31.1 Å². The molecule has 0 bridgehead atoms. The predicted molar refractivity (Wildman–Crippen MR) is 83.5 cm³/mol. The van der Waals surface area contributed by atoms with Gasteiger partial charge >= 0.3 is 0 Å². The van der Waals surface area contributed by atoms with Crippen LogP contribution in [0.25, 0.3) is 0 Å². The average Bonchev–Trinajstić information content (AvgIpc) is 2.47. The molecular weight excluding hydrogens is 274 g/mol. The highest BCUT2D eigenvalue weighted by molar-refractivity contribution is 6.31. The third-order valence-corrected chi connectivity index (χ3v) is 3.93. The summed E-state index contributed by atoms with van der Waals surface area (Å²) in [5, 5.41) is 4.04. The van der Waals surface area contributed by atoms with E-state index in [1.165, 1.54) is 0 Å². The van der Waals surface area contributed by atoms with Crippen LogP contribution < -0.4 is 10.2 Å². The molecule has 1 N–H and O–H groups in total. The molecule has 1 aromatic rings. The SMILES string of the molecule is CCNCc1cc(N2CCCC(OCC)C2)ncc1Cl. The summed E-state index contributed by atoms with van der Waals surface area (Å²) in [5.41, 5.74) is 1.11. The van der Waals surface area contributed by atoms with Gasteiger partial charge in [-0.1, -0.05) is 18.5 Å². The second kappa shape index (κ2) is 7.81. The fraction of sp³-hybridized carbons (Fsp3) is 0.667. The van der Waals surface area contributed by atoms with E-state index in [1.807, 2.05) is 6.92 Å². The summed E-state index contributed by atoms with van der Waals surface area (Å²) in [5.74, 6) is 1.01. The van der Waals surface area contributed by atoms with Gasteiger partial charge in [-0.2, -0.15) is 0 Å².